The van der Waals surface area contributed by atoms with Crippen molar-refractivity contribution < 1.29 is 4.74 Å². The Morgan fingerprint density at radius 2 is 1.84 bits per heavy atom. The molecule has 98 valence electrons. The minimum atomic E-state index is -0.0258. The first-order valence-electron chi connectivity index (χ1n) is 6.02. The zero-order valence-corrected chi connectivity index (χ0v) is 11.5. The van der Waals surface area contributed by atoms with Crippen molar-refractivity contribution in [1.82, 2.24) is 0 Å². The molecule has 0 heterocycles. The zero-order chi connectivity index (χ0) is 13.7. The number of ether oxygens (including phenoxy) is 1. The van der Waals surface area contributed by atoms with Crippen LogP contribution >= 0.6 is 11.6 Å². The third-order valence-electron chi connectivity index (χ3n) is 2.89. The van der Waals surface area contributed by atoms with E-state index >= 15 is 0 Å². The zero-order valence-electron chi connectivity index (χ0n) is 10.8. The molecule has 0 aliphatic rings. The molecule has 0 saturated carbocycles. The fourth-order valence-electron chi connectivity index (χ4n) is 1.86. The number of anilines is 1. The lowest BCUT2D eigenvalue weighted by Gasteiger charge is -2.18. The van der Waals surface area contributed by atoms with Gasteiger partial charge in [-0.25, -0.2) is 0 Å². The summed E-state index contributed by atoms with van der Waals surface area (Å²) in [7, 11) is 1.65. The number of rotatable bonds is 5. The molecule has 0 aliphatic heterocycles. The largest absolute Gasteiger partial charge is 0.497 e. The average molecular weight is 274 g/mol. The van der Waals surface area contributed by atoms with Crippen molar-refractivity contribution in [3.8, 4) is 5.75 Å². The topological polar surface area (TPSA) is 21.3 Å². The van der Waals surface area contributed by atoms with Gasteiger partial charge < -0.3 is 10.1 Å². The van der Waals surface area contributed by atoms with E-state index in [0.717, 1.165) is 22.0 Å². The summed E-state index contributed by atoms with van der Waals surface area (Å²) >= 11 is 6.20. The lowest BCUT2D eigenvalue weighted by Crippen LogP contribution is -2.08. The lowest BCUT2D eigenvalue weighted by molar-refractivity contribution is 0.415. The highest BCUT2D eigenvalue weighted by atomic mass is 35.5. The first kappa shape index (κ1) is 13.5. The molecule has 0 bridgehead atoms. The van der Waals surface area contributed by atoms with Crippen molar-refractivity contribution in [1.29, 1.82) is 0 Å². The lowest BCUT2D eigenvalue weighted by atomic mass is 10.1. The van der Waals surface area contributed by atoms with E-state index in [1.165, 1.54) is 0 Å². The van der Waals surface area contributed by atoms with Crippen LogP contribution in [0.5, 0.6) is 5.75 Å². The van der Waals surface area contributed by atoms with Gasteiger partial charge in [-0.3, -0.25) is 0 Å². The smallest absolute Gasteiger partial charge is 0.119 e. The monoisotopic (exact) mass is 273 g/mol. The molecule has 0 aromatic heterocycles. The Morgan fingerprint density at radius 1 is 1.16 bits per heavy atom. The minimum absolute atomic E-state index is 0.0258. The van der Waals surface area contributed by atoms with Gasteiger partial charge in [-0.15, -0.1) is 6.58 Å². The number of methoxy groups -OCH3 is 1. The van der Waals surface area contributed by atoms with E-state index < -0.39 is 0 Å². The molecule has 2 aromatic carbocycles. The summed E-state index contributed by atoms with van der Waals surface area (Å²) in [5.74, 6) is 0.832. The van der Waals surface area contributed by atoms with Gasteiger partial charge in [0, 0.05) is 10.7 Å². The van der Waals surface area contributed by atoms with Crippen LogP contribution in [0.4, 0.5) is 5.69 Å². The quantitative estimate of drug-likeness (QED) is 0.798. The van der Waals surface area contributed by atoms with Gasteiger partial charge >= 0.3 is 0 Å². The van der Waals surface area contributed by atoms with Gasteiger partial charge in [-0.2, -0.15) is 0 Å². The fourth-order valence-corrected chi connectivity index (χ4v) is 2.11. The van der Waals surface area contributed by atoms with E-state index in [2.05, 4.69) is 11.9 Å². The second-order valence-corrected chi connectivity index (χ2v) is 4.51. The number of hydrogen-bond acceptors (Lipinski definition) is 2. The van der Waals surface area contributed by atoms with Crippen molar-refractivity contribution in [2.75, 3.05) is 12.4 Å². The van der Waals surface area contributed by atoms with Crippen molar-refractivity contribution in [2.45, 2.75) is 6.04 Å². The maximum atomic E-state index is 6.20. The second-order valence-electron chi connectivity index (χ2n) is 4.11. The summed E-state index contributed by atoms with van der Waals surface area (Å²) in [6.07, 6.45) is 1.84. The van der Waals surface area contributed by atoms with Crippen LogP contribution in [0.1, 0.15) is 11.6 Å². The molecule has 2 rings (SSSR count). The van der Waals surface area contributed by atoms with Crippen LogP contribution in [0, 0.1) is 0 Å². The van der Waals surface area contributed by atoms with Crippen LogP contribution < -0.4 is 10.1 Å². The van der Waals surface area contributed by atoms with E-state index in [1.807, 2.05) is 54.6 Å². The number of nitrogens with one attached hydrogen (secondary N) is 1. The maximum absolute atomic E-state index is 6.20. The summed E-state index contributed by atoms with van der Waals surface area (Å²) in [5.41, 5.74) is 2.00. The van der Waals surface area contributed by atoms with Crippen LogP contribution in [0.25, 0.3) is 0 Å². The molecule has 0 spiro atoms. The van der Waals surface area contributed by atoms with Crippen LogP contribution in [-0.4, -0.2) is 7.11 Å². The summed E-state index contributed by atoms with van der Waals surface area (Å²) in [6, 6.07) is 15.5. The Bertz CT molecular complexity index is 551. The first-order chi connectivity index (χ1) is 9.24. The van der Waals surface area contributed by atoms with E-state index in [9.17, 15) is 0 Å². The van der Waals surface area contributed by atoms with Crippen LogP contribution in [0.3, 0.4) is 0 Å². The Morgan fingerprint density at radius 3 is 2.42 bits per heavy atom. The Hall–Kier alpha value is -1.93. The molecule has 0 aliphatic carbocycles. The van der Waals surface area contributed by atoms with Crippen molar-refractivity contribution in [3.63, 3.8) is 0 Å². The van der Waals surface area contributed by atoms with Gasteiger partial charge in [-0.05, 0) is 35.9 Å². The molecule has 19 heavy (non-hydrogen) atoms. The van der Waals surface area contributed by atoms with Gasteiger partial charge in [-0.1, -0.05) is 35.9 Å². The molecular weight excluding hydrogens is 258 g/mol. The van der Waals surface area contributed by atoms with E-state index in [0.29, 0.717) is 0 Å². The van der Waals surface area contributed by atoms with Crippen LogP contribution in [0.2, 0.25) is 5.02 Å². The van der Waals surface area contributed by atoms with Crippen molar-refractivity contribution >= 4 is 17.3 Å². The van der Waals surface area contributed by atoms with Crippen LogP contribution in [-0.2, 0) is 0 Å². The molecular formula is C16H16ClNO. The first-order valence-corrected chi connectivity index (χ1v) is 6.40. The fraction of sp³-hybridized carbons (Fsp3) is 0.125. The molecule has 1 N–H and O–H groups in total. The van der Waals surface area contributed by atoms with E-state index in [1.54, 1.807) is 7.11 Å². The predicted molar refractivity (Wildman–Crippen MR) is 81.0 cm³/mol. The Labute approximate surface area is 118 Å². The summed E-state index contributed by atoms with van der Waals surface area (Å²) in [5, 5.41) is 4.11. The summed E-state index contributed by atoms with van der Waals surface area (Å²) in [4.78, 5) is 0. The highest BCUT2D eigenvalue weighted by Crippen LogP contribution is 2.27. The number of halogens is 1. The van der Waals surface area contributed by atoms with Crippen LogP contribution in [0.15, 0.2) is 61.2 Å². The molecule has 0 fully saturated rings. The number of benzene rings is 2. The molecule has 3 heteroatoms. The highest BCUT2D eigenvalue weighted by molar-refractivity contribution is 6.31. The molecule has 2 aromatic rings. The van der Waals surface area contributed by atoms with Gasteiger partial charge in [0.2, 0.25) is 0 Å². The van der Waals surface area contributed by atoms with E-state index in [4.69, 9.17) is 16.3 Å². The van der Waals surface area contributed by atoms with Gasteiger partial charge in [0.15, 0.2) is 0 Å². The van der Waals surface area contributed by atoms with Crippen molar-refractivity contribution in [3.05, 3.63) is 71.8 Å². The average Bonchev–Trinajstić information content (AvgIpc) is 2.46. The molecule has 1 atom stereocenters. The molecule has 1 unspecified atom stereocenters. The normalized spacial score (nSPS) is 11.7. The SMILES string of the molecule is C=CC(Nc1ccc(OC)cc1)c1ccccc1Cl. The maximum Gasteiger partial charge on any atom is 0.119 e. The standard InChI is InChI=1S/C16H16ClNO/c1-3-16(14-6-4-5-7-15(14)17)18-12-8-10-13(19-2)11-9-12/h3-11,16,18H,1H2,2H3. The third kappa shape index (κ3) is 3.30. The summed E-state index contributed by atoms with van der Waals surface area (Å²) in [6.45, 7) is 3.86. The molecule has 0 saturated heterocycles. The number of hydrogen-bond donors (Lipinski definition) is 1. The minimum Gasteiger partial charge on any atom is -0.497 e. The Kier molecular flexibility index (Phi) is 4.48. The summed E-state index contributed by atoms with van der Waals surface area (Å²) < 4.78 is 5.14. The van der Waals surface area contributed by atoms with Gasteiger partial charge in [0.25, 0.3) is 0 Å². The van der Waals surface area contributed by atoms with Gasteiger partial charge in [0.05, 0.1) is 13.2 Å². The van der Waals surface area contributed by atoms with Gasteiger partial charge in [0.1, 0.15) is 5.75 Å². The molecule has 2 nitrogen and oxygen atoms in total. The second kappa shape index (κ2) is 6.30. The third-order valence-corrected chi connectivity index (χ3v) is 3.23. The molecule has 0 radical (unpaired) electrons. The molecule has 0 amide bonds. The van der Waals surface area contributed by atoms with E-state index in [-0.39, 0.29) is 6.04 Å². The van der Waals surface area contributed by atoms with Crippen molar-refractivity contribution in [2.24, 2.45) is 0 Å². The highest BCUT2D eigenvalue weighted by Gasteiger charge is 2.10. The Balaban J connectivity index is 2.19. The predicted octanol–water partition coefficient (Wildman–Crippen LogP) is 4.69.